The zero-order chi connectivity index (χ0) is 14.1. The zero-order valence-electron chi connectivity index (χ0n) is 10.3. The third kappa shape index (κ3) is 2.23. The van der Waals surface area contributed by atoms with E-state index >= 15 is 0 Å². The molecule has 1 heterocycles. The minimum atomic E-state index is -0.722. The first-order valence-electron chi connectivity index (χ1n) is 5.88. The molecule has 0 radical (unpaired) electrons. The van der Waals surface area contributed by atoms with Crippen molar-refractivity contribution in [2.75, 3.05) is 11.1 Å². The van der Waals surface area contributed by atoms with E-state index in [9.17, 15) is 8.78 Å². The summed E-state index contributed by atoms with van der Waals surface area (Å²) in [4.78, 5) is 8.29. The Hall–Kier alpha value is -2.76. The Labute approximate surface area is 113 Å². The molecule has 0 fully saturated rings. The molecule has 0 aliphatic carbocycles. The second-order valence-electron chi connectivity index (χ2n) is 4.20. The van der Waals surface area contributed by atoms with Gasteiger partial charge in [-0.15, -0.1) is 0 Å². The van der Waals surface area contributed by atoms with E-state index in [2.05, 4.69) is 15.3 Å². The summed E-state index contributed by atoms with van der Waals surface area (Å²) < 4.78 is 26.4. The average Bonchev–Trinajstić information content (AvgIpc) is 2.42. The number of nitrogens with zero attached hydrogens (tertiary/aromatic N) is 2. The number of anilines is 3. The molecule has 1 aromatic heterocycles. The predicted molar refractivity (Wildman–Crippen MR) is 73.6 cm³/mol. The maximum absolute atomic E-state index is 13.6. The third-order valence-electron chi connectivity index (χ3n) is 2.81. The zero-order valence-corrected chi connectivity index (χ0v) is 10.3. The van der Waals surface area contributed by atoms with Crippen molar-refractivity contribution in [2.45, 2.75) is 0 Å². The fourth-order valence-electron chi connectivity index (χ4n) is 1.87. The van der Waals surface area contributed by atoms with E-state index in [1.807, 2.05) is 12.1 Å². The maximum atomic E-state index is 13.6. The van der Waals surface area contributed by atoms with Gasteiger partial charge in [-0.1, -0.05) is 12.1 Å². The Morgan fingerprint density at radius 2 is 1.80 bits per heavy atom. The minimum Gasteiger partial charge on any atom is -0.383 e. The maximum Gasteiger partial charge on any atom is 0.229 e. The Morgan fingerprint density at radius 3 is 2.60 bits per heavy atom. The predicted octanol–water partition coefficient (Wildman–Crippen LogP) is 3.23. The number of halogens is 2. The summed E-state index contributed by atoms with van der Waals surface area (Å²) in [7, 11) is 0. The molecule has 0 unspecified atom stereocenters. The van der Waals surface area contributed by atoms with Crippen LogP contribution in [-0.4, -0.2) is 9.97 Å². The second kappa shape index (κ2) is 4.73. The van der Waals surface area contributed by atoms with Gasteiger partial charge in [0.1, 0.15) is 17.5 Å². The van der Waals surface area contributed by atoms with Gasteiger partial charge in [-0.3, -0.25) is 0 Å². The van der Waals surface area contributed by atoms with Crippen molar-refractivity contribution in [3.63, 3.8) is 0 Å². The number of nitrogens with one attached hydrogen (secondary N) is 1. The number of hydrogen-bond acceptors (Lipinski definition) is 4. The summed E-state index contributed by atoms with van der Waals surface area (Å²) in [6.45, 7) is 0. The van der Waals surface area contributed by atoms with Crippen LogP contribution in [0.25, 0.3) is 10.9 Å². The number of nitrogen functional groups attached to an aromatic ring is 1. The van der Waals surface area contributed by atoms with E-state index in [0.717, 1.165) is 17.5 Å². The Bertz CT molecular complexity index is 789. The third-order valence-corrected chi connectivity index (χ3v) is 2.81. The fraction of sp³-hybridized carbons (Fsp3) is 0. The quantitative estimate of drug-likeness (QED) is 0.751. The molecule has 0 saturated carbocycles. The summed E-state index contributed by atoms with van der Waals surface area (Å²) in [5, 5.41) is 3.41. The van der Waals surface area contributed by atoms with Gasteiger partial charge in [-0.2, -0.15) is 4.98 Å². The molecule has 4 nitrogen and oxygen atoms in total. The molecule has 0 saturated heterocycles. The van der Waals surface area contributed by atoms with Crippen LogP contribution in [0.2, 0.25) is 0 Å². The summed E-state index contributed by atoms with van der Waals surface area (Å²) in [6.07, 6.45) is 0. The lowest BCUT2D eigenvalue weighted by molar-refractivity contribution is 0.586. The first kappa shape index (κ1) is 12.3. The Morgan fingerprint density at radius 1 is 1.00 bits per heavy atom. The van der Waals surface area contributed by atoms with E-state index in [4.69, 9.17) is 5.73 Å². The summed E-state index contributed by atoms with van der Waals surface area (Å²) >= 11 is 0. The molecule has 0 aliphatic rings. The van der Waals surface area contributed by atoms with Crippen LogP contribution in [0.3, 0.4) is 0 Å². The molecular weight excluding hydrogens is 262 g/mol. The second-order valence-corrected chi connectivity index (χ2v) is 4.20. The van der Waals surface area contributed by atoms with Crippen LogP contribution in [0, 0.1) is 11.6 Å². The highest BCUT2D eigenvalue weighted by Gasteiger charge is 2.08. The highest BCUT2D eigenvalue weighted by atomic mass is 19.1. The largest absolute Gasteiger partial charge is 0.383 e. The number of hydrogen-bond donors (Lipinski definition) is 2. The molecule has 3 rings (SSSR count). The van der Waals surface area contributed by atoms with Gasteiger partial charge in [-0.25, -0.2) is 13.8 Å². The van der Waals surface area contributed by atoms with Gasteiger partial charge in [0.05, 0.1) is 11.2 Å². The highest BCUT2D eigenvalue weighted by molar-refractivity contribution is 5.89. The SMILES string of the molecule is Nc1nc(Nc2ccc(F)cc2F)nc2ccccc12. The van der Waals surface area contributed by atoms with Crippen molar-refractivity contribution in [1.82, 2.24) is 9.97 Å². The van der Waals surface area contributed by atoms with Gasteiger partial charge in [0.15, 0.2) is 0 Å². The standard InChI is InChI=1S/C14H10F2N4/c15-8-5-6-12(10(16)7-8)19-14-18-11-4-2-1-3-9(11)13(17)20-14/h1-7H,(H3,17,18,19,20). The minimum absolute atomic E-state index is 0.0843. The van der Waals surface area contributed by atoms with Crippen LogP contribution in [0.5, 0.6) is 0 Å². The van der Waals surface area contributed by atoms with Crippen molar-refractivity contribution in [2.24, 2.45) is 0 Å². The van der Waals surface area contributed by atoms with Gasteiger partial charge >= 0.3 is 0 Å². The number of nitrogens with two attached hydrogens (primary N) is 1. The van der Waals surface area contributed by atoms with E-state index in [1.165, 1.54) is 6.07 Å². The number of para-hydroxylation sites is 1. The topological polar surface area (TPSA) is 63.8 Å². The molecule has 20 heavy (non-hydrogen) atoms. The van der Waals surface area contributed by atoms with E-state index in [0.29, 0.717) is 11.3 Å². The van der Waals surface area contributed by atoms with Crippen molar-refractivity contribution >= 4 is 28.4 Å². The van der Waals surface area contributed by atoms with Crippen LogP contribution in [0.1, 0.15) is 0 Å². The number of benzene rings is 2. The molecule has 0 aliphatic heterocycles. The van der Waals surface area contributed by atoms with E-state index in [1.54, 1.807) is 12.1 Å². The van der Waals surface area contributed by atoms with Crippen molar-refractivity contribution in [1.29, 1.82) is 0 Å². The Balaban J connectivity index is 2.02. The molecule has 0 amide bonds. The number of fused-ring (bicyclic) bond motifs is 1. The molecule has 3 aromatic rings. The Kier molecular flexibility index (Phi) is 2.90. The van der Waals surface area contributed by atoms with E-state index < -0.39 is 11.6 Å². The summed E-state index contributed by atoms with van der Waals surface area (Å²) in [5.74, 6) is -0.917. The van der Waals surface area contributed by atoms with Crippen molar-refractivity contribution < 1.29 is 8.78 Å². The summed E-state index contributed by atoms with van der Waals surface area (Å²) in [6, 6.07) is 10.4. The molecule has 0 bridgehead atoms. The highest BCUT2D eigenvalue weighted by Crippen LogP contribution is 2.22. The molecule has 100 valence electrons. The van der Waals surface area contributed by atoms with Crippen LogP contribution in [0.15, 0.2) is 42.5 Å². The lowest BCUT2D eigenvalue weighted by Gasteiger charge is -2.08. The number of rotatable bonds is 2. The van der Waals surface area contributed by atoms with Gasteiger partial charge in [0, 0.05) is 11.5 Å². The van der Waals surface area contributed by atoms with E-state index in [-0.39, 0.29) is 11.6 Å². The molecule has 0 spiro atoms. The van der Waals surface area contributed by atoms with Crippen molar-refractivity contribution in [3.05, 3.63) is 54.1 Å². The first-order chi connectivity index (χ1) is 9.63. The van der Waals surface area contributed by atoms with Gasteiger partial charge in [-0.05, 0) is 24.3 Å². The smallest absolute Gasteiger partial charge is 0.229 e. The van der Waals surface area contributed by atoms with Crippen LogP contribution >= 0.6 is 0 Å². The first-order valence-corrected chi connectivity index (χ1v) is 5.88. The number of aromatic nitrogens is 2. The average molecular weight is 272 g/mol. The fourth-order valence-corrected chi connectivity index (χ4v) is 1.87. The van der Waals surface area contributed by atoms with Crippen LogP contribution in [-0.2, 0) is 0 Å². The van der Waals surface area contributed by atoms with Gasteiger partial charge in [0.25, 0.3) is 0 Å². The molecule has 3 N–H and O–H groups in total. The van der Waals surface area contributed by atoms with Crippen LogP contribution < -0.4 is 11.1 Å². The van der Waals surface area contributed by atoms with Crippen LogP contribution in [0.4, 0.5) is 26.2 Å². The van der Waals surface area contributed by atoms with Gasteiger partial charge in [0.2, 0.25) is 5.95 Å². The molecule has 6 heteroatoms. The molecule has 0 atom stereocenters. The molecule has 2 aromatic carbocycles. The lowest BCUT2D eigenvalue weighted by Crippen LogP contribution is -2.02. The lowest BCUT2D eigenvalue weighted by atomic mass is 10.2. The van der Waals surface area contributed by atoms with Crippen molar-refractivity contribution in [3.8, 4) is 0 Å². The summed E-state index contributed by atoms with van der Waals surface area (Å²) in [5.41, 5.74) is 6.56. The monoisotopic (exact) mass is 272 g/mol. The normalized spacial score (nSPS) is 10.7. The molecular formula is C14H10F2N4. The van der Waals surface area contributed by atoms with Gasteiger partial charge < -0.3 is 11.1 Å².